The smallest absolute Gasteiger partial charge is 0.113 e. The average Bonchev–Trinajstić information content (AvgIpc) is 2.45. The van der Waals surface area contributed by atoms with E-state index in [1.54, 1.807) is 17.5 Å². The predicted octanol–water partition coefficient (Wildman–Crippen LogP) is 1.72. The molecular formula is C9H14ClN3S. The quantitative estimate of drug-likeness (QED) is 0.862. The highest BCUT2D eigenvalue weighted by Crippen LogP contribution is 2.26. The summed E-state index contributed by atoms with van der Waals surface area (Å²) in [6.07, 6.45) is 3.92. The van der Waals surface area contributed by atoms with E-state index >= 15 is 0 Å². The van der Waals surface area contributed by atoms with Crippen LogP contribution in [0, 0.1) is 0 Å². The van der Waals surface area contributed by atoms with Crippen molar-refractivity contribution >= 4 is 22.9 Å². The number of rotatable bonds is 3. The first-order valence-corrected chi connectivity index (χ1v) is 5.90. The van der Waals surface area contributed by atoms with Gasteiger partial charge in [0, 0.05) is 12.1 Å². The fourth-order valence-corrected chi connectivity index (χ4v) is 2.71. The minimum Gasteiger partial charge on any atom is -0.328 e. The van der Waals surface area contributed by atoms with Crippen molar-refractivity contribution in [1.29, 1.82) is 0 Å². The first kappa shape index (κ1) is 10.4. The van der Waals surface area contributed by atoms with Crippen LogP contribution < -0.4 is 5.73 Å². The monoisotopic (exact) mass is 231 g/mol. The summed E-state index contributed by atoms with van der Waals surface area (Å²) in [7, 11) is 2.12. The van der Waals surface area contributed by atoms with Gasteiger partial charge in [0.1, 0.15) is 9.34 Å². The van der Waals surface area contributed by atoms with Crippen molar-refractivity contribution in [3.63, 3.8) is 0 Å². The van der Waals surface area contributed by atoms with E-state index in [2.05, 4.69) is 16.9 Å². The molecule has 0 aliphatic heterocycles. The molecule has 2 rings (SSSR count). The number of aromatic nitrogens is 1. The standard InChI is InChI=1S/C9H14ClN3S/c1-13(7-2-6(11)3-7)5-9-12-4-8(10)14-9/h4,6-7H,2-3,5,11H2,1H3. The maximum atomic E-state index is 5.81. The van der Waals surface area contributed by atoms with E-state index in [4.69, 9.17) is 17.3 Å². The third kappa shape index (κ3) is 2.25. The predicted molar refractivity (Wildman–Crippen MR) is 59.6 cm³/mol. The highest BCUT2D eigenvalue weighted by atomic mass is 35.5. The maximum absolute atomic E-state index is 5.81. The van der Waals surface area contributed by atoms with Gasteiger partial charge in [-0.2, -0.15) is 0 Å². The van der Waals surface area contributed by atoms with Crippen molar-refractivity contribution in [2.45, 2.75) is 31.5 Å². The summed E-state index contributed by atoms with van der Waals surface area (Å²) in [6.45, 7) is 0.884. The zero-order chi connectivity index (χ0) is 10.1. The molecule has 14 heavy (non-hydrogen) atoms. The highest BCUT2D eigenvalue weighted by Gasteiger charge is 2.29. The SMILES string of the molecule is CN(Cc1ncc(Cl)s1)C1CC(N)C1. The van der Waals surface area contributed by atoms with Crippen LogP contribution in [0.3, 0.4) is 0 Å². The fourth-order valence-electron chi connectivity index (χ4n) is 1.69. The molecule has 1 aliphatic carbocycles. The molecule has 2 N–H and O–H groups in total. The zero-order valence-corrected chi connectivity index (χ0v) is 9.68. The van der Waals surface area contributed by atoms with Crippen molar-refractivity contribution in [2.24, 2.45) is 5.73 Å². The van der Waals surface area contributed by atoms with E-state index in [9.17, 15) is 0 Å². The van der Waals surface area contributed by atoms with Gasteiger partial charge in [0.05, 0.1) is 12.7 Å². The Hall–Kier alpha value is -0.160. The van der Waals surface area contributed by atoms with Crippen LogP contribution in [-0.4, -0.2) is 29.0 Å². The number of thiazole rings is 1. The minimum absolute atomic E-state index is 0.405. The summed E-state index contributed by atoms with van der Waals surface area (Å²) in [5.74, 6) is 0. The van der Waals surface area contributed by atoms with E-state index in [1.807, 2.05) is 0 Å². The number of hydrogen-bond acceptors (Lipinski definition) is 4. The molecule has 0 amide bonds. The van der Waals surface area contributed by atoms with Crippen molar-refractivity contribution in [3.8, 4) is 0 Å². The maximum Gasteiger partial charge on any atom is 0.113 e. The normalized spacial score (nSPS) is 26.6. The van der Waals surface area contributed by atoms with Gasteiger partial charge in [-0.25, -0.2) is 4.98 Å². The molecule has 3 nitrogen and oxygen atoms in total. The Kier molecular flexibility index (Phi) is 3.07. The lowest BCUT2D eigenvalue weighted by Gasteiger charge is -2.38. The van der Waals surface area contributed by atoms with Gasteiger partial charge in [-0.05, 0) is 19.9 Å². The molecule has 0 atom stereocenters. The van der Waals surface area contributed by atoms with Gasteiger partial charge in [0.2, 0.25) is 0 Å². The zero-order valence-electron chi connectivity index (χ0n) is 8.11. The lowest BCUT2D eigenvalue weighted by Crippen LogP contribution is -2.48. The molecule has 0 bridgehead atoms. The lowest BCUT2D eigenvalue weighted by atomic mass is 9.86. The highest BCUT2D eigenvalue weighted by molar-refractivity contribution is 7.15. The van der Waals surface area contributed by atoms with Crippen LogP contribution in [0.25, 0.3) is 0 Å². The minimum atomic E-state index is 0.405. The Morgan fingerprint density at radius 3 is 2.93 bits per heavy atom. The van der Waals surface area contributed by atoms with Crippen molar-refractivity contribution in [1.82, 2.24) is 9.88 Å². The van der Waals surface area contributed by atoms with Crippen LogP contribution in [-0.2, 0) is 6.54 Å². The second kappa shape index (κ2) is 4.14. The molecule has 1 aliphatic rings. The molecule has 1 fully saturated rings. The van der Waals surface area contributed by atoms with Crippen LogP contribution in [0.1, 0.15) is 17.8 Å². The number of nitrogens with zero attached hydrogens (tertiary/aromatic N) is 2. The molecule has 0 spiro atoms. The molecule has 0 saturated heterocycles. The Morgan fingerprint density at radius 2 is 2.43 bits per heavy atom. The Labute approximate surface area is 92.9 Å². The number of halogens is 1. The Bertz CT molecular complexity index is 309. The van der Waals surface area contributed by atoms with E-state index in [-0.39, 0.29) is 0 Å². The summed E-state index contributed by atoms with van der Waals surface area (Å²) in [5.41, 5.74) is 5.74. The van der Waals surface area contributed by atoms with Gasteiger partial charge in [0.15, 0.2) is 0 Å². The van der Waals surface area contributed by atoms with Crippen LogP contribution in [0.5, 0.6) is 0 Å². The van der Waals surface area contributed by atoms with Gasteiger partial charge >= 0.3 is 0 Å². The molecule has 1 heterocycles. The summed E-state index contributed by atoms with van der Waals surface area (Å²) in [4.78, 5) is 6.53. The van der Waals surface area contributed by atoms with Crippen molar-refractivity contribution in [3.05, 3.63) is 15.5 Å². The van der Waals surface area contributed by atoms with Gasteiger partial charge in [-0.3, -0.25) is 4.90 Å². The van der Waals surface area contributed by atoms with Crippen LogP contribution in [0.2, 0.25) is 4.34 Å². The number of hydrogen-bond donors (Lipinski definition) is 1. The van der Waals surface area contributed by atoms with Crippen molar-refractivity contribution in [2.75, 3.05) is 7.05 Å². The van der Waals surface area contributed by atoms with E-state index in [0.717, 1.165) is 28.7 Å². The Balaban J connectivity index is 1.85. The molecule has 78 valence electrons. The summed E-state index contributed by atoms with van der Waals surface area (Å²) >= 11 is 7.36. The topological polar surface area (TPSA) is 42.2 Å². The molecular weight excluding hydrogens is 218 g/mol. The molecule has 0 unspecified atom stereocenters. The molecule has 1 aromatic rings. The summed E-state index contributed by atoms with van der Waals surface area (Å²) in [6, 6.07) is 1.04. The first-order chi connectivity index (χ1) is 6.65. The second-order valence-electron chi connectivity index (χ2n) is 3.86. The molecule has 1 saturated carbocycles. The van der Waals surface area contributed by atoms with E-state index < -0.39 is 0 Å². The van der Waals surface area contributed by atoms with Crippen LogP contribution in [0.4, 0.5) is 0 Å². The van der Waals surface area contributed by atoms with E-state index in [1.165, 1.54) is 0 Å². The third-order valence-electron chi connectivity index (χ3n) is 2.68. The largest absolute Gasteiger partial charge is 0.328 e. The number of nitrogens with two attached hydrogens (primary N) is 1. The fraction of sp³-hybridized carbons (Fsp3) is 0.667. The molecule has 1 aromatic heterocycles. The van der Waals surface area contributed by atoms with E-state index in [0.29, 0.717) is 12.1 Å². The molecule has 5 heteroatoms. The van der Waals surface area contributed by atoms with Crippen LogP contribution in [0.15, 0.2) is 6.20 Å². The van der Waals surface area contributed by atoms with Gasteiger partial charge in [-0.1, -0.05) is 11.6 Å². The molecule has 0 radical (unpaired) electrons. The summed E-state index contributed by atoms with van der Waals surface area (Å²) in [5, 5.41) is 1.08. The van der Waals surface area contributed by atoms with Gasteiger partial charge in [0.25, 0.3) is 0 Å². The van der Waals surface area contributed by atoms with Crippen LogP contribution >= 0.6 is 22.9 Å². The first-order valence-electron chi connectivity index (χ1n) is 4.71. The summed E-state index contributed by atoms with van der Waals surface area (Å²) < 4.78 is 0.763. The molecule has 0 aromatic carbocycles. The second-order valence-corrected chi connectivity index (χ2v) is 5.61. The average molecular weight is 232 g/mol. The van der Waals surface area contributed by atoms with Gasteiger partial charge in [-0.15, -0.1) is 11.3 Å². The van der Waals surface area contributed by atoms with Gasteiger partial charge < -0.3 is 5.73 Å². The Morgan fingerprint density at radius 1 is 1.71 bits per heavy atom. The third-order valence-corrected chi connectivity index (χ3v) is 3.78. The van der Waals surface area contributed by atoms with Crippen molar-refractivity contribution < 1.29 is 0 Å². The lowest BCUT2D eigenvalue weighted by molar-refractivity contribution is 0.132.